The molecule has 138 valence electrons. The van der Waals surface area contributed by atoms with Crippen molar-refractivity contribution in [3.05, 3.63) is 83.7 Å². The number of nitrogens with one attached hydrogen (secondary N) is 2. The molecule has 1 heterocycles. The number of amides is 2. The van der Waals surface area contributed by atoms with Crippen LogP contribution in [0.1, 0.15) is 22.7 Å². The average molecular weight is 366 g/mol. The van der Waals surface area contributed by atoms with Gasteiger partial charge in [0.25, 0.3) is 0 Å². The van der Waals surface area contributed by atoms with E-state index in [-0.39, 0.29) is 6.54 Å². The number of aliphatic hydroxyl groups excluding tert-OH is 1. The van der Waals surface area contributed by atoms with Crippen LogP contribution in [0.25, 0.3) is 5.69 Å². The summed E-state index contributed by atoms with van der Waals surface area (Å²) in [7, 11) is 0. The molecule has 2 atom stereocenters. The van der Waals surface area contributed by atoms with Gasteiger partial charge in [-0.3, -0.25) is 0 Å². The monoisotopic (exact) mass is 366 g/mol. The molecule has 0 aliphatic heterocycles. The molecule has 0 fully saturated rings. The number of aromatic nitrogens is 2. The third kappa shape index (κ3) is 3.54. The Labute approximate surface area is 155 Å². The third-order valence-electron chi connectivity index (χ3n) is 4.74. The van der Waals surface area contributed by atoms with E-state index in [2.05, 4.69) is 15.6 Å². The van der Waals surface area contributed by atoms with Crippen molar-refractivity contribution in [2.24, 2.45) is 0 Å². The summed E-state index contributed by atoms with van der Waals surface area (Å²) < 4.78 is 15.9. The van der Waals surface area contributed by atoms with Gasteiger partial charge in [-0.25, -0.2) is 14.2 Å². The minimum atomic E-state index is -0.653. The Bertz CT molecular complexity index is 958. The number of hydrogen-bond donors (Lipinski definition) is 3. The van der Waals surface area contributed by atoms with E-state index in [1.54, 1.807) is 29.1 Å². The molecule has 7 heteroatoms. The molecule has 4 rings (SSSR count). The topological polar surface area (TPSA) is 79.2 Å². The molecular formula is C20H19FN4O2. The molecule has 0 saturated heterocycles. The molecule has 2 aromatic carbocycles. The minimum Gasteiger partial charge on any atom is -0.390 e. The molecule has 0 saturated carbocycles. The highest BCUT2D eigenvalue weighted by molar-refractivity contribution is 5.74. The largest absolute Gasteiger partial charge is 0.390 e. The van der Waals surface area contributed by atoms with Gasteiger partial charge in [0.2, 0.25) is 0 Å². The second-order valence-electron chi connectivity index (χ2n) is 6.53. The fourth-order valence-corrected chi connectivity index (χ4v) is 3.39. The van der Waals surface area contributed by atoms with Gasteiger partial charge < -0.3 is 20.3 Å². The first-order valence-electron chi connectivity index (χ1n) is 8.69. The maximum Gasteiger partial charge on any atom is 0.315 e. The summed E-state index contributed by atoms with van der Waals surface area (Å²) in [6, 6.07) is 11.6. The van der Waals surface area contributed by atoms with Crippen LogP contribution in [0.5, 0.6) is 0 Å². The Hall–Kier alpha value is -3.19. The van der Waals surface area contributed by atoms with Gasteiger partial charge in [0, 0.05) is 25.4 Å². The summed E-state index contributed by atoms with van der Waals surface area (Å²) in [5.74, 6) is -0.396. The van der Waals surface area contributed by atoms with Crippen molar-refractivity contribution in [2.45, 2.75) is 25.1 Å². The molecule has 6 nitrogen and oxygen atoms in total. The van der Waals surface area contributed by atoms with E-state index in [1.807, 2.05) is 24.3 Å². The number of rotatable bonds is 4. The lowest BCUT2D eigenvalue weighted by molar-refractivity contribution is 0.142. The zero-order chi connectivity index (χ0) is 18.8. The number of imidazole rings is 1. The number of nitrogens with zero attached hydrogens (tertiary/aromatic N) is 2. The quantitative estimate of drug-likeness (QED) is 0.664. The normalized spacial score (nSPS) is 18.1. The van der Waals surface area contributed by atoms with Crippen LogP contribution in [0.3, 0.4) is 0 Å². The maximum atomic E-state index is 14.3. The summed E-state index contributed by atoms with van der Waals surface area (Å²) >= 11 is 0. The first-order chi connectivity index (χ1) is 13.1. The maximum absolute atomic E-state index is 14.3. The molecule has 1 aliphatic carbocycles. The van der Waals surface area contributed by atoms with Crippen LogP contribution in [0.15, 0.2) is 61.2 Å². The van der Waals surface area contributed by atoms with Gasteiger partial charge in [-0.15, -0.1) is 0 Å². The number of carbonyl (C=O) groups excluding carboxylic acids is 1. The molecule has 27 heavy (non-hydrogen) atoms. The second kappa shape index (κ2) is 7.20. The van der Waals surface area contributed by atoms with Gasteiger partial charge in [-0.1, -0.05) is 30.3 Å². The van der Waals surface area contributed by atoms with Gasteiger partial charge >= 0.3 is 6.03 Å². The zero-order valence-electron chi connectivity index (χ0n) is 14.5. The Balaban J connectivity index is 1.38. The predicted octanol–water partition coefficient (Wildman–Crippen LogP) is 2.47. The lowest BCUT2D eigenvalue weighted by Crippen LogP contribution is -2.40. The fourth-order valence-electron chi connectivity index (χ4n) is 3.39. The molecule has 3 aromatic rings. The smallest absolute Gasteiger partial charge is 0.315 e. The lowest BCUT2D eigenvalue weighted by atomic mass is 10.1. The van der Waals surface area contributed by atoms with Crippen molar-refractivity contribution in [1.29, 1.82) is 0 Å². The Kier molecular flexibility index (Phi) is 4.60. The van der Waals surface area contributed by atoms with Gasteiger partial charge in [0.15, 0.2) is 0 Å². The van der Waals surface area contributed by atoms with E-state index >= 15 is 0 Å². The number of benzene rings is 2. The number of hydrogen-bond acceptors (Lipinski definition) is 3. The molecular weight excluding hydrogens is 347 g/mol. The highest BCUT2D eigenvalue weighted by atomic mass is 19.1. The number of halogens is 1. The van der Waals surface area contributed by atoms with Crippen LogP contribution in [-0.2, 0) is 13.0 Å². The average Bonchev–Trinajstić information content (AvgIpc) is 3.29. The van der Waals surface area contributed by atoms with Crippen molar-refractivity contribution < 1.29 is 14.3 Å². The molecule has 1 aliphatic rings. The Morgan fingerprint density at radius 3 is 2.93 bits per heavy atom. The standard InChI is InChI=1S/C20H19FN4O2/c21-16-9-13(5-6-17(16)25-8-7-22-12-25)11-23-20(27)24-19-15-4-2-1-3-14(15)10-18(19)26/h1-9,12,18-19,26H,10-11H2,(H2,23,24,27)/t18-,19+/m0/s1. The SMILES string of the molecule is O=C(NCc1ccc(-n2ccnc2)c(F)c1)N[C@@H]1c2ccccc2C[C@@H]1O. The summed E-state index contributed by atoms with van der Waals surface area (Å²) in [6.45, 7) is 0.178. The summed E-state index contributed by atoms with van der Waals surface area (Å²) in [4.78, 5) is 16.1. The van der Waals surface area contributed by atoms with Gasteiger partial charge in [-0.2, -0.15) is 0 Å². The highest BCUT2D eigenvalue weighted by Crippen LogP contribution is 2.31. The van der Waals surface area contributed by atoms with Crippen LogP contribution in [0, 0.1) is 5.82 Å². The molecule has 0 bridgehead atoms. The summed E-state index contributed by atoms with van der Waals surface area (Å²) in [6.07, 6.45) is 4.62. The van der Waals surface area contributed by atoms with E-state index in [4.69, 9.17) is 0 Å². The number of carbonyl (C=O) groups is 1. The van der Waals surface area contributed by atoms with Crippen molar-refractivity contribution in [2.75, 3.05) is 0 Å². The first kappa shape index (κ1) is 17.2. The van der Waals surface area contributed by atoms with Crippen molar-refractivity contribution >= 4 is 6.03 Å². The second-order valence-corrected chi connectivity index (χ2v) is 6.53. The Morgan fingerprint density at radius 1 is 1.30 bits per heavy atom. The zero-order valence-corrected chi connectivity index (χ0v) is 14.5. The van der Waals surface area contributed by atoms with Crippen LogP contribution >= 0.6 is 0 Å². The fraction of sp³-hybridized carbons (Fsp3) is 0.200. The van der Waals surface area contributed by atoms with E-state index in [0.717, 1.165) is 11.1 Å². The highest BCUT2D eigenvalue weighted by Gasteiger charge is 2.31. The van der Waals surface area contributed by atoms with E-state index in [9.17, 15) is 14.3 Å². The predicted molar refractivity (Wildman–Crippen MR) is 97.8 cm³/mol. The molecule has 0 unspecified atom stereocenters. The number of aliphatic hydroxyl groups is 1. The molecule has 0 radical (unpaired) electrons. The molecule has 1 aromatic heterocycles. The third-order valence-corrected chi connectivity index (χ3v) is 4.74. The van der Waals surface area contributed by atoms with E-state index in [0.29, 0.717) is 17.7 Å². The van der Waals surface area contributed by atoms with Gasteiger partial charge in [-0.05, 0) is 28.8 Å². The van der Waals surface area contributed by atoms with Gasteiger partial charge in [0.1, 0.15) is 5.82 Å². The van der Waals surface area contributed by atoms with Gasteiger partial charge in [0.05, 0.1) is 24.2 Å². The van der Waals surface area contributed by atoms with E-state index < -0.39 is 24.0 Å². The van der Waals surface area contributed by atoms with Crippen molar-refractivity contribution in [3.63, 3.8) is 0 Å². The van der Waals surface area contributed by atoms with E-state index in [1.165, 1.54) is 12.4 Å². The number of fused-ring (bicyclic) bond motifs is 1. The molecule has 0 spiro atoms. The minimum absolute atomic E-state index is 0.178. The van der Waals surface area contributed by atoms with Crippen molar-refractivity contribution in [3.8, 4) is 5.69 Å². The van der Waals surface area contributed by atoms with Crippen LogP contribution in [-0.4, -0.2) is 26.8 Å². The van der Waals surface area contributed by atoms with Crippen LogP contribution in [0.2, 0.25) is 0 Å². The van der Waals surface area contributed by atoms with Crippen LogP contribution < -0.4 is 10.6 Å². The summed E-state index contributed by atoms with van der Waals surface area (Å²) in [5.41, 5.74) is 2.99. The summed E-state index contributed by atoms with van der Waals surface area (Å²) in [5, 5.41) is 15.7. The van der Waals surface area contributed by atoms with Crippen LogP contribution in [0.4, 0.5) is 9.18 Å². The number of urea groups is 1. The lowest BCUT2D eigenvalue weighted by Gasteiger charge is -2.18. The molecule has 3 N–H and O–H groups in total. The van der Waals surface area contributed by atoms with Crippen molar-refractivity contribution in [1.82, 2.24) is 20.2 Å². The molecule has 2 amide bonds. The Morgan fingerprint density at radius 2 is 2.15 bits per heavy atom. The first-order valence-corrected chi connectivity index (χ1v) is 8.69.